The molecule has 0 aliphatic carbocycles. The number of nitrogens with zero attached hydrogens (tertiary/aromatic N) is 1. The highest BCUT2D eigenvalue weighted by Crippen LogP contribution is 2.20. The topological polar surface area (TPSA) is 99.5 Å². The minimum Gasteiger partial charge on any atom is -0.479 e. The highest BCUT2D eigenvalue weighted by molar-refractivity contribution is 6.30. The third-order valence-electron chi connectivity index (χ3n) is 2.67. The first-order valence-corrected chi connectivity index (χ1v) is 6.11. The first-order chi connectivity index (χ1) is 9.49. The Morgan fingerprint density at radius 2 is 2.05 bits per heavy atom. The molecule has 1 aromatic heterocycles. The fourth-order valence-corrected chi connectivity index (χ4v) is 1.90. The summed E-state index contributed by atoms with van der Waals surface area (Å²) in [5, 5.41) is 20.8. The number of aliphatic carboxylic acids is 1. The maximum atomic E-state index is 12.0. The summed E-state index contributed by atoms with van der Waals surface area (Å²) < 4.78 is 0. The molecule has 2 aromatic rings. The average molecular weight is 295 g/mol. The Labute approximate surface area is 119 Å². The van der Waals surface area contributed by atoms with Crippen LogP contribution in [-0.4, -0.2) is 39.7 Å². The molecule has 2 rings (SSSR count). The van der Waals surface area contributed by atoms with Crippen molar-refractivity contribution in [2.75, 3.05) is 6.54 Å². The number of rotatable bonds is 4. The highest BCUT2D eigenvalue weighted by atomic mass is 35.5. The van der Waals surface area contributed by atoms with Crippen LogP contribution in [0.3, 0.4) is 0 Å². The molecule has 0 spiro atoms. The van der Waals surface area contributed by atoms with Crippen molar-refractivity contribution in [1.29, 1.82) is 0 Å². The van der Waals surface area contributed by atoms with Gasteiger partial charge in [-0.3, -0.25) is 4.79 Å². The minimum atomic E-state index is -1.65. The number of nitrogens with one attached hydrogen (secondary N) is 1. The Morgan fingerprint density at radius 1 is 1.35 bits per heavy atom. The molecule has 0 aliphatic rings. The van der Waals surface area contributed by atoms with Gasteiger partial charge in [-0.2, -0.15) is 0 Å². The Kier molecular flexibility index (Phi) is 4.16. The number of benzene rings is 1. The number of carboxylic acid groups (broad SMARTS) is 1. The molecule has 20 heavy (non-hydrogen) atoms. The van der Waals surface area contributed by atoms with Crippen molar-refractivity contribution in [3.8, 4) is 0 Å². The van der Waals surface area contributed by atoms with E-state index in [1.807, 2.05) is 0 Å². The van der Waals surface area contributed by atoms with Gasteiger partial charge < -0.3 is 15.5 Å². The van der Waals surface area contributed by atoms with E-state index in [-0.39, 0.29) is 17.3 Å². The van der Waals surface area contributed by atoms with E-state index in [1.165, 1.54) is 6.07 Å². The van der Waals surface area contributed by atoms with Crippen LogP contribution < -0.4 is 5.32 Å². The summed E-state index contributed by atoms with van der Waals surface area (Å²) in [6.07, 6.45) is -1.65. The number of amides is 1. The Morgan fingerprint density at radius 3 is 2.75 bits per heavy atom. The maximum absolute atomic E-state index is 12.0. The van der Waals surface area contributed by atoms with Crippen LogP contribution in [0, 0.1) is 0 Å². The second kappa shape index (κ2) is 5.85. The lowest BCUT2D eigenvalue weighted by molar-refractivity contribution is -0.146. The normalized spacial score (nSPS) is 12.1. The second-order valence-corrected chi connectivity index (χ2v) is 4.46. The molecular weight excluding hydrogens is 284 g/mol. The molecular formula is C13H11ClN2O4. The van der Waals surface area contributed by atoms with Crippen LogP contribution in [0.2, 0.25) is 5.15 Å². The molecule has 3 N–H and O–H groups in total. The number of carboxylic acids is 1. The van der Waals surface area contributed by atoms with Crippen molar-refractivity contribution in [3.05, 3.63) is 41.0 Å². The lowest BCUT2D eigenvalue weighted by atomic mass is 10.1. The van der Waals surface area contributed by atoms with Gasteiger partial charge in [0.05, 0.1) is 17.6 Å². The molecule has 0 saturated carbocycles. The number of hydrogen-bond acceptors (Lipinski definition) is 4. The van der Waals surface area contributed by atoms with Gasteiger partial charge in [-0.15, -0.1) is 0 Å². The molecule has 1 aromatic carbocycles. The van der Waals surface area contributed by atoms with Crippen molar-refractivity contribution in [3.63, 3.8) is 0 Å². The van der Waals surface area contributed by atoms with Gasteiger partial charge >= 0.3 is 5.97 Å². The van der Waals surface area contributed by atoms with Crippen molar-refractivity contribution < 1.29 is 19.8 Å². The average Bonchev–Trinajstić information content (AvgIpc) is 2.43. The number of halogens is 1. The number of hydrogen-bond donors (Lipinski definition) is 3. The molecule has 0 bridgehead atoms. The predicted molar refractivity (Wildman–Crippen MR) is 72.7 cm³/mol. The van der Waals surface area contributed by atoms with E-state index in [0.29, 0.717) is 10.9 Å². The molecule has 0 radical (unpaired) electrons. The molecule has 1 atom stereocenters. The monoisotopic (exact) mass is 294 g/mol. The van der Waals surface area contributed by atoms with Crippen molar-refractivity contribution in [2.45, 2.75) is 6.10 Å². The Bertz CT molecular complexity index is 674. The number of fused-ring (bicyclic) bond motifs is 1. The Balaban J connectivity index is 2.28. The van der Waals surface area contributed by atoms with Crippen LogP contribution in [0.5, 0.6) is 0 Å². The SMILES string of the molecule is O=C(NCC(O)C(=O)O)c1cc(Cl)nc2ccccc12. The van der Waals surface area contributed by atoms with Gasteiger partial charge in [0.1, 0.15) is 5.15 Å². The quantitative estimate of drug-likeness (QED) is 0.732. The van der Waals surface area contributed by atoms with Crippen LogP contribution in [0.4, 0.5) is 0 Å². The van der Waals surface area contributed by atoms with E-state index < -0.39 is 18.0 Å². The summed E-state index contributed by atoms with van der Waals surface area (Å²) in [6.45, 7) is -0.386. The predicted octanol–water partition coefficient (Wildman–Crippen LogP) is 1.06. The fourth-order valence-electron chi connectivity index (χ4n) is 1.70. The van der Waals surface area contributed by atoms with Crippen LogP contribution in [0.25, 0.3) is 10.9 Å². The molecule has 1 unspecified atom stereocenters. The number of aliphatic hydroxyl groups is 1. The molecule has 0 aliphatic heterocycles. The molecule has 104 valence electrons. The summed E-state index contributed by atoms with van der Waals surface area (Å²) >= 11 is 5.85. The summed E-state index contributed by atoms with van der Waals surface area (Å²) in [7, 11) is 0. The number of aliphatic hydroxyl groups excluding tert-OH is 1. The van der Waals surface area contributed by atoms with Gasteiger partial charge in [0, 0.05) is 5.39 Å². The highest BCUT2D eigenvalue weighted by Gasteiger charge is 2.17. The van der Waals surface area contributed by atoms with Crippen LogP contribution in [0.15, 0.2) is 30.3 Å². The summed E-state index contributed by atoms with van der Waals surface area (Å²) in [5.74, 6) is -1.92. The number of carbonyl (C=O) groups is 2. The lowest BCUT2D eigenvalue weighted by Gasteiger charge is -2.10. The van der Waals surface area contributed by atoms with Crippen molar-refractivity contribution >= 4 is 34.4 Å². The maximum Gasteiger partial charge on any atom is 0.334 e. The molecule has 1 heterocycles. The van der Waals surface area contributed by atoms with Gasteiger partial charge in [0.2, 0.25) is 0 Å². The van der Waals surface area contributed by atoms with Crippen molar-refractivity contribution in [2.24, 2.45) is 0 Å². The van der Waals surface area contributed by atoms with Gasteiger partial charge in [-0.1, -0.05) is 29.8 Å². The third-order valence-corrected chi connectivity index (χ3v) is 2.86. The van der Waals surface area contributed by atoms with E-state index in [0.717, 1.165) is 0 Å². The molecule has 7 heteroatoms. The molecule has 6 nitrogen and oxygen atoms in total. The van der Waals surface area contributed by atoms with Crippen LogP contribution in [-0.2, 0) is 4.79 Å². The Hall–Kier alpha value is -2.18. The zero-order chi connectivity index (χ0) is 14.7. The largest absolute Gasteiger partial charge is 0.479 e. The van der Waals surface area contributed by atoms with E-state index in [2.05, 4.69) is 10.3 Å². The number of pyridine rings is 1. The van der Waals surface area contributed by atoms with Gasteiger partial charge in [0.25, 0.3) is 5.91 Å². The van der Waals surface area contributed by atoms with E-state index in [1.54, 1.807) is 24.3 Å². The summed E-state index contributed by atoms with van der Waals surface area (Å²) in [5.41, 5.74) is 0.835. The number of para-hydroxylation sites is 1. The van der Waals surface area contributed by atoms with Gasteiger partial charge in [0.15, 0.2) is 6.10 Å². The molecule has 1 amide bonds. The number of aromatic nitrogens is 1. The first-order valence-electron chi connectivity index (χ1n) is 5.73. The minimum absolute atomic E-state index is 0.160. The van der Waals surface area contributed by atoms with Crippen molar-refractivity contribution in [1.82, 2.24) is 10.3 Å². The van der Waals surface area contributed by atoms with E-state index >= 15 is 0 Å². The summed E-state index contributed by atoms with van der Waals surface area (Å²) in [4.78, 5) is 26.6. The standard InChI is InChI=1S/C13H11ClN2O4/c14-11-5-8(7-3-1-2-4-9(7)16-11)12(18)15-6-10(17)13(19)20/h1-5,10,17H,6H2,(H,15,18)(H,19,20). The van der Waals surface area contributed by atoms with Gasteiger partial charge in [-0.05, 0) is 12.1 Å². The molecule has 0 saturated heterocycles. The zero-order valence-electron chi connectivity index (χ0n) is 10.2. The third kappa shape index (κ3) is 3.04. The summed E-state index contributed by atoms with van der Waals surface area (Å²) in [6, 6.07) is 8.33. The fraction of sp³-hybridized carbons (Fsp3) is 0.154. The second-order valence-electron chi connectivity index (χ2n) is 4.07. The first kappa shape index (κ1) is 14.2. The van der Waals surface area contributed by atoms with Crippen LogP contribution >= 0.6 is 11.6 Å². The lowest BCUT2D eigenvalue weighted by Crippen LogP contribution is -2.36. The number of carbonyl (C=O) groups excluding carboxylic acids is 1. The van der Waals surface area contributed by atoms with Gasteiger partial charge in [-0.25, -0.2) is 9.78 Å². The van der Waals surface area contributed by atoms with E-state index in [4.69, 9.17) is 21.8 Å². The van der Waals surface area contributed by atoms with Crippen LogP contribution in [0.1, 0.15) is 10.4 Å². The van der Waals surface area contributed by atoms with E-state index in [9.17, 15) is 9.59 Å². The zero-order valence-corrected chi connectivity index (χ0v) is 11.0. The smallest absolute Gasteiger partial charge is 0.334 e. The molecule has 0 fully saturated rings.